The first-order valence-electron chi connectivity index (χ1n) is 6.89. The van der Waals surface area contributed by atoms with Crippen LogP contribution in [-0.2, 0) is 4.79 Å². The van der Waals surface area contributed by atoms with E-state index in [9.17, 15) is 19.2 Å². The number of nitrogens with one attached hydrogen (secondary N) is 3. The number of ketones is 1. The maximum Gasteiger partial charge on any atom is 0.325 e. The second-order valence-electron chi connectivity index (χ2n) is 4.80. The van der Waals surface area contributed by atoms with Crippen LogP contribution >= 0.6 is 11.6 Å². The van der Waals surface area contributed by atoms with Gasteiger partial charge >= 0.3 is 5.69 Å². The Morgan fingerprint density at radius 1 is 1.25 bits per heavy atom. The first-order chi connectivity index (χ1) is 11.4. The molecule has 0 unspecified atom stereocenters. The van der Waals surface area contributed by atoms with Crippen molar-refractivity contribution >= 4 is 29.0 Å². The fraction of sp³-hybridized carbons (Fsp3) is 0.200. The molecule has 9 heteroatoms. The molecule has 1 aromatic heterocycles. The first-order valence-corrected chi connectivity index (χ1v) is 7.27. The highest BCUT2D eigenvalue weighted by Crippen LogP contribution is 2.24. The van der Waals surface area contributed by atoms with Gasteiger partial charge in [0, 0.05) is 24.1 Å². The third-order valence-corrected chi connectivity index (χ3v) is 3.37. The van der Waals surface area contributed by atoms with Crippen LogP contribution in [0.4, 0.5) is 5.69 Å². The van der Waals surface area contributed by atoms with Crippen LogP contribution in [0.15, 0.2) is 34.0 Å². The largest absolute Gasteiger partial charge is 0.496 e. The molecule has 0 saturated heterocycles. The molecule has 1 aromatic carbocycles. The molecule has 8 nitrogen and oxygen atoms in total. The van der Waals surface area contributed by atoms with E-state index in [0.717, 1.165) is 6.20 Å². The summed E-state index contributed by atoms with van der Waals surface area (Å²) in [6, 6.07) is 4.62. The zero-order chi connectivity index (χ0) is 17.7. The molecule has 0 atom stereocenters. The van der Waals surface area contributed by atoms with E-state index in [1.807, 2.05) is 4.98 Å². The predicted octanol–water partition coefficient (Wildman–Crippen LogP) is 1.33. The Labute approximate surface area is 140 Å². The van der Waals surface area contributed by atoms with E-state index in [-0.39, 0.29) is 29.9 Å². The lowest BCUT2D eigenvalue weighted by molar-refractivity contribution is -0.116. The van der Waals surface area contributed by atoms with E-state index >= 15 is 0 Å². The molecule has 1 heterocycles. The van der Waals surface area contributed by atoms with Crippen LogP contribution in [-0.4, -0.2) is 28.8 Å². The van der Waals surface area contributed by atoms with Gasteiger partial charge in [0.05, 0.1) is 12.7 Å². The van der Waals surface area contributed by atoms with Crippen molar-refractivity contribution in [3.8, 4) is 5.75 Å². The summed E-state index contributed by atoms with van der Waals surface area (Å²) in [4.78, 5) is 50.6. The van der Waals surface area contributed by atoms with E-state index in [1.165, 1.54) is 13.2 Å². The topological polar surface area (TPSA) is 121 Å². The number of hydrogen-bond donors (Lipinski definition) is 3. The van der Waals surface area contributed by atoms with Crippen LogP contribution < -0.4 is 21.3 Å². The van der Waals surface area contributed by atoms with Crippen molar-refractivity contribution < 1.29 is 14.3 Å². The zero-order valence-electron chi connectivity index (χ0n) is 12.6. The number of aromatic nitrogens is 2. The summed E-state index contributed by atoms with van der Waals surface area (Å²) in [6.07, 6.45) is 0.845. The molecular weight excluding hydrogens is 338 g/mol. The monoisotopic (exact) mass is 351 g/mol. The Hall–Kier alpha value is -2.87. The van der Waals surface area contributed by atoms with Gasteiger partial charge in [-0.25, -0.2) is 4.79 Å². The van der Waals surface area contributed by atoms with Crippen LogP contribution in [0.1, 0.15) is 23.2 Å². The predicted molar refractivity (Wildman–Crippen MR) is 87.9 cm³/mol. The average molecular weight is 352 g/mol. The van der Waals surface area contributed by atoms with Crippen molar-refractivity contribution in [2.45, 2.75) is 12.8 Å². The van der Waals surface area contributed by atoms with Crippen molar-refractivity contribution in [3.05, 3.63) is 55.8 Å². The summed E-state index contributed by atoms with van der Waals surface area (Å²) < 4.78 is 5.09. The number of carbonyl (C=O) groups is 2. The zero-order valence-corrected chi connectivity index (χ0v) is 13.4. The molecule has 0 aliphatic heterocycles. The standard InChI is InChI=1S/C15H14ClN3O5/c1-24-12-4-2-8(16)6-9(12)11(20)3-5-13(21)18-10-7-17-15(23)19-14(10)22/h2,4,6-7H,3,5H2,1H3,(H,18,21)(H2,17,19,22,23). The van der Waals surface area contributed by atoms with E-state index in [0.29, 0.717) is 10.8 Å². The summed E-state index contributed by atoms with van der Waals surface area (Å²) in [5, 5.41) is 2.70. The van der Waals surface area contributed by atoms with Crippen LogP contribution in [0.5, 0.6) is 5.75 Å². The van der Waals surface area contributed by atoms with Crippen LogP contribution in [0.25, 0.3) is 0 Å². The van der Waals surface area contributed by atoms with E-state index in [4.69, 9.17) is 16.3 Å². The van der Waals surface area contributed by atoms with Crippen LogP contribution in [0.2, 0.25) is 5.02 Å². The molecule has 0 fully saturated rings. The number of anilines is 1. The Kier molecular flexibility index (Phi) is 5.54. The minimum absolute atomic E-state index is 0.0935. The highest BCUT2D eigenvalue weighted by Gasteiger charge is 2.15. The number of halogens is 1. The number of benzene rings is 1. The average Bonchev–Trinajstić information content (AvgIpc) is 2.55. The molecular formula is C15H14ClN3O5. The van der Waals surface area contributed by atoms with Crippen molar-refractivity contribution in [2.24, 2.45) is 0 Å². The highest BCUT2D eigenvalue weighted by atomic mass is 35.5. The minimum Gasteiger partial charge on any atom is -0.496 e. The van der Waals surface area contributed by atoms with Gasteiger partial charge in [0.15, 0.2) is 5.78 Å². The van der Waals surface area contributed by atoms with Crippen molar-refractivity contribution in [1.29, 1.82) is 0 Å². The Morgan fingerprint density at radius 2 is 2.00 bits per heavy atom. The van der Waals surface area contributed by atoms with Crippen molar-refractivity contribution in [1.82, 2.24) is 9.97 Å². The molecule has 0 aliphatic rings. The summed E-state index contributed by atoms with van der Waals surface area (Å²) in [7, 11) is 1.43. The summed E-state index contributed by atoms with van der Waals surface area (Å²) in [6.45, 7) is 0. The van der Waals surface area contributed by atoms with E-state index in [1.54, 1.807) is 12.1 Å². The summed E-state index contributed by atoms with van der Waals surface area (Å²) >= 11 is 5.86. The van der Waals surface area contributed by atoms with E-state index in [2.05, 4.69) is 10.3 Å². The number of carbonyl (C=O) groups excluding carboxylic acids is 2. The van der Waals surface area contributed by atoms with Gasteiger partial charge in [-0.15, -0.1) is 0 Å². The van der Waals surface area contributed by atoms with Gasteiger partial charge in [0.25, 0.3) is 5.56 Å². The van der Waals surface area contributed by atoms with Crippen LogP contribution in [0.3, 0.4) is 0 Å². The lowest BCUT2D eigenvalue weighted by Crippen LogP contribution is -2.26. The molecule has 24 heavy (non-hydrogen) atoms. The molecule has 1 amide bonds. The molecule has 0 radical (unpaired) electrons. The van der Waals surface area contributed by atoms with Crippen molar-refractivity contribution in [3.63, 3.8) is 0 Å². The fourth-order valence-corrected chi connectivity index (χ4v) is 2.15. The van der Waals surface area contributed by atoms with Gasteiger partial charge in [-0.2, -0.15) is 0 Å². The van der Waals surface area contributed by atoms with Gasteiger partial charge in [-0.05, 0) is 18.2 Å². The van der Waals surface area contributed by atoms with E-state index < -0.39 is 17.2 Å². The summed E-state index contributed by atoms with van der Waals surface area (Å²) in [5.74, 6) is -0.497. The quantitative estimate of drug-likeness (QED) is 0.678. The number of amides is 1. The molecule has 0 saturated carbocycles. The van der Waals surface area contributed by atoms with Gasteiger partial charge in [0.2, 0.25) is 5.91 Å². The Morgan fingerprint density at radius 3 is 2.67 bits per heavy atom. The number of Topliss-reactive ketones (excluding diaryl/α,β-unsaturated/α-hetero) is 1. The van der Waals surface area contributed by atoms with Gasteiger partial charge in [-0.1, -0.05) is 11.6 Å². The Bertz CT molecular complexity index is 887. The third kappa shape index (κ3) is 4.32. The SMILES string of the molecule is COc1ccc(Cl)cc1C(=O)CCC(=O)Nc1c[nH]c(=O)[nH]c1=O. The maximum absolute atomic E-state index is 12.2. The minimum atomic E-state index is -0.727. The van der Waals surface area contributed by atoms with Gasteiger partial charge < -0.3 is 15.0 Å². The first kappa shape index (κ1) is 17.5. The smallest absolute Gasteiger partial charge is 0.325 e. The molecule has 3 N–H and O–H groups in total. The molecule has 2 rings (SSSR count). The van der Waals surface area contributed by atoms with Crippen LogP contribution in [0, 0.1) is 0 Å². The third-order valence-electron chi connectivity index (χ3n) is 3.13. The Balaban J connectivity index is 2.01. The molecule has 0 bridgehead atoms. The second-order valence-corrected chi connectivity index (χ2v) is 5.24. The number of H-pyrrole nitrogens is 2. The molecule has 126 valence electrons. The number of aromatic amines is 2. The normalized spacial score (nSPS) is 10.2. The lowest BCUT2D eigenvalue weighted by Gasteiger charge is -2.08. The summed E-state index contributed by atoms with van der Waals surface area (Å²) in [5.41, 5.74) is -1.23. The number of ether oxygens (including phenoxy) is 1. The number of hydrogen-bond acceptors (Lipinski definition) is 5. The van der Waals surface area contributed by atoms with Crippen molar-refractivity contribution in [2.75, 3.05) is 12.4 Å². The highest BCUT2D eigenvalue weighted by molar-refractivity contribution is 6.31. The van der Waals surface area contributed by atoms with Gasteiger partial charge in [-0.3, -0.25) is 19.4 Å². The molecule has 0 aliphatic carbocycles. The lowest BCUT2D eigenvalue weighted by atomic mass is 10.1. The molecule has 2 aromatic rings. The molecule has 0 spiro atoms. The maximum atomic E-state index is 12.2. The van der Waals surface area contributed by atoms with Gasteiger partial charge in [0.1, 0.15) is 11.4 Å². The number of rotatable bonds is 6. The fourth-order valence-electron chi connectivity index (χ4n) is 1.98. The number of methoxy groups -OCH3 is 1. The second kappa shape index (κ2) is 7.60.